The van der Waals surface area contributed by atoms with E-state index in [2.05, 4.69) is 42.7 Å². The largest absolute Gasteiger partial charge is 0.320 e. The first-order valence-electron chi connectivity index (χ1n) is 7.40. The molecule has 0 amide bonds. The van der Waals surface area contributed by atoms with Crippen molar-refractivity contribution in [2.45, 2.75) is 19.9 Å². The van der Waals surface area contributed by atoms with Gasteiger partial charge in [-0.25, -0.2) is 4.39 Å². The molecular formula is C17H26FN3. The van der Waals surface area contributed by atoms with Crippen molar-refractivity contribution < 1.29 is 4.39 Å². The van der Waals surface area contributed by atoms with Crippen LogP contribution in [0.15, 0.2) is 18.2 Å². The van der Waals surface area contributed by atoms with Gasteiger partial charge < -0.3 is 10.6 Å². The van der Waals surface area contributed by atoms with Gasteiger partial charge in [-0.1, -0.05) is 18.8 Å². The predicted molar refractivity (Wildman–Crippen MR) is 86.5 cm³/mol. The van der Waals surface area contributed by atoms with Gasteiger partial charge in [0.2, 0.25) is 0 Å². The molecule has 21 heavy (non-hydrogen) atoms. The van der Waals surface area contributed by atoms with Crippen LogP contribution in [0, 0.1) is 17.7 Å². The molecular weight excluding hydrogens is 265 g/mol. The lowest BCUT2D eigenvalue weighted by Gasteiger charge is -2.21. The van der Waals surface area contributed by atoms with Crippen molar-refractivity contribution in [2.24, 2.45) is 5.73 Å². The van der Waals surface area contributed by atoms with E-state index in [0.29, 0.717) is 5.56 Å². The van der Waals surface area contributed by atoms with Gasteiger partial charge in [0.15, 0.2) is 0 Å². The van der Waals surface area contributed by atoms with E-state index in [1.807, 2.05) is 6.07 Å². The minimum atomic E-state index is -0.238. The molecule has 0 saturated heterocycles. The van der Waals surface area contributed by atoms with E-state index in [1.54, 1.807) is 6.07 Å². The second kappa shape index (κ2) is 9.51. The van der Waals surface area contributed by atoms with Gasteiger partial charge in [-0.3, -0.25) is 4.90 Å². The minimum Gasteiger partial charge on any atom is -0.320 e. The first kappa shape index (κ1) is 17.6. The van der Waals surface area contributed by atoms with E-state index in [1.165, 1.54) is 6.07 Å². The van der Waals surface area contributed by atoms with Gasteiger partial charge in [0.25, 0.3) is 0 Å². The van der Waals surface area contributed by atoms with E-state index in [0.717, 1.165) is 38.2 Å². The molecule has 2 N–H and O–H groups in total. The zero-order valence-corrected chi connectivity index (χ0v) is 13.3. The lowest BCUT2D eigenvalue weighted by molar-refractivity contribution is 0.259. The summed E-state index contributed by atoms with van der Waals surface area (Å²) in [4.78, 5) is 4.49. The number of rotatable bonds is 7. The van der Waals surface area contributed by atoms with Crippen LogP contribution in [0.3, 0.4) is 0 Å². The Kier molecular flexibility index (Phi) is 7.99. The fraction of sp³-hybridized carbons (Fsp3) is 0.529. The topological polar surface area (TPSA) is 32.5 Å². The highest BCUT2D eigenvalue weighted by Gasteiger charge is 2.06. The van der Waals surface area contributed by atoms with Gasteiger partial charge in [0, 0.05) is 12.1 Å². The Morgan fingerprint density at radius 3 is 2.57 bits per heavy atom. The molecule has 116 valence electrons. The maximum absolute atomic E-state index is 13.6. The van der Waals surface area contributed by atoms with Gasteiger partial charge in [0.1, 0.15) is 5.82 Å². The Bertz CT molecular complexity index is 489. The zero-order valence-electron chi connectivity index (χ0n) is 13.3. The van der Waals surface area contributed by atoms with Crippen molar-refractivity contribution in [1.82, 2.24) is 9.80 Å². The normalized spacial score (nSPS) is 10.8. The molecule has 4 heteroatoms. The predicted octanol–water partition coefficient (Wildman–Crippen LogP) is 1.91. The molecule has 0 aliphatic carbocycles. The Morgan fingerprint density at radius 2 is 1.95 bits per heavy atom. The Hall–Kier alpha value is -1.41. The van der Waals surface area contributed by atoms with Crippen LogP contribution in [0.1, 0.15) is 24.5 Å². The molecule has 0 unspecified atom stereocenters. The molecule has 3 nitrogen and oxygen atoms in total. The Morgan fingerprint density at radius 1 is 1.19 bits per heavy atom. The van der Waals surface area contributed by atoms with Gasteiger partial charge in [-0.15, -0.1) is 0 Å². The van der Waals surface area contributed by atoms with Crippen molar-refractivity contribution in [3.8, 4) is 11.8 Å². The van der Waals surface area contributed by atoms with Gasteiger partial charge in [-0.05, 0) is 63.9 Å². The number of benzene rings is 1. The summed E-state index contributed by atoms with van der Waals surface area (Å²) in [5.41, 5.74) is 7.01. The number of nitrogens with two attached hydrogens (primary N) is 1. The molecule has 0 aromatic heterocycles. The number of hydrogen-bond acceptors (Lipinski definition) is 3. The van der Waals surface area contributed by atoms with Crippen LogP contribution in [0.5, 0.6) is 0 Å². The molecule has 0 aliphatic rings. The minimum absolute atomic E-state index is 0.238. The van der Waals surface area contributed by atoms with E-state index < -0.39 is 0 Å². The standard InChI is InChI=1S/C17H26FN3/c1-4-21(10-6-9-20(2)3)14-16-11-15(7-5-8-19)12-17(18)13-16/h11-13H,4,6,8-10,14,19H2,1-3H3. The van der Waals surface area contributed by atoms with E-state index in [-0.39, 0.29) is 12.4 Å². The fourth-order valence-corrected chi connectivity index (χ4v) is 2.18. The highest BCUT2D eigenvalue weighted by Crippen LogP contribution is 2.11. The molecule has 0 saturated carbocycles. The van der Waals surface area contributed by atoms with Crippen LogP contribution in [-0.2, 0) is 6.54 Å². The number of hydrogen-bond donors (Lipinski definition) is 1. The summed E-state index contributed by atoms with van der Waals surface area (Å²) in [6, 6.07) is 4.98. The maximum atomic E-state index is 13.6. The van der Waals surface area contributed by atoms with Crippen molar-refractivity contribution in [3.63, 3.8) is 0 Å². The Balaban J connectivity index is 2.68. The molecule has 1 aromatic carbocycles. The third-order valence-corrected chi connectivity index (χ3v) is 3.23. The van der Waals surface area contributed by atoms with E-state index >= 15 is 0 Å². The van der Waals surface area contributed by atoms with Gasteiger partial charge in [-0.2, -0.15) is 0 Å². The summed E-state index contributed by atoms with van der Waals surface area (Å²) in [6.07, 6.45) is 1.11. The zero-order chi connectivity index (χ0) is 15.7. The average molecular weight is 291 g/mol. The molecule has 0 spiro atoms. The first-order chi connectivity index (χ1) is 10.0. The van der Waals surface area contributed by atoms with Crippen LogP contribution < -0.4 is 5.73 Å². The molecule has 1 aromatic rings. The van der Waals surface area contributed by atoms with Gasteiger partial charge >= 0.3 is 0 Å². The quantitative estimate of drug-likeness (QED) is 0.779. The SMILES string of the molecule is CCN(CCCN(C)C)Cc1cc(F)cc(C#CCN)c1. The molecule has 0 bridgehead atoms. The van der Waals surface area contributed by atoms with Crippen LogP contribution in [0.25, 0.3) is 0 Å². The Labute approximate surface area is 127 Å². The molecule has 1 rings (SSSR count). The number of nitrogens with zero attached hydrogens (tertiary/aromatic N) is 2. The third kappa shape index (κ3) is 7.24. The molecule has 0 heterocycles. The van der Waals surface area contributed by atoms with Crippen molar-refractivity contribution in [2.75, 3.05) is 40.3 Å². The maximum Gasteiger partial charge on any atom is 0.124 e. The monoisotopic (exact) mass is 291 g/mol. The lowest BCUT2D eigenvalue weighted by Crippen LogP contribution is -2.27. The van der Waals surface area contributed by atoms with Crippen LogP contribution in [0.2, 0.25) is 0 Å². The van der Waals surface area contributed by atoms with Crippen LogP contribution >= 0.6 is 0 Å². The van der Waals surface area contributed by atoms with Crippen molar-refractivity contribution in [3.05, 3.63) is 35.1 Å². The van der Waals surface area contributed by atoms with Crippen LogP contribution in [-0.4, -0.2) is 50.1 Å². The van der Waals surface area contributed by atoms with E-state index in [4.69, 9.17) is 5.73 Å². The van der Waals surface area contributed by atoms with Gasteiger partial charge in [0.05, 0.1) is 6.54 Å². The highest BCUT2D eigenvalue weighted by atomic mass is 19.1. The smallest absolute Gasteiger partial charge is 0.124 e. The van der Waals surface area contributed by atoms with Crippen molar-refractivity contribution in [1.29, 1.82) is 0 Å². The average Bonchev–Trinajstić information content (AvgIpc) is 2.43. The summed E-state index contributed by atoms with van der Waals surface area (Å²) < 4.78 is 13.6. The summed E-state index contributed by atoms with van der Waals surface area (Å²) in [7, 11) is 4.15. The lowest BCUT2D eigenvalue weighted by atomic mass is 10.1. The fourth-order valence-electron chi connectivity index (χ4n) is 2.18. The second-order valence-electron chi connectivity index (χ2n) is 5.38. The summed E-state index contributed by atoms with van der Waals surface area (Å²) in [5.74, 6) is 5.42. The highest BCUT2D eigenvalue weighted by molar-refractivity contribution is 5.38. The van der Waals surface area contributed by atoms with Crippen molar-refractivity contribution >= 4 is 0 Å². The molecule has 0 fully saturated rings. The van der Waals surface area contributed by atoms with E-state index in [9.17, 15) is 4.39 Å². The molecule has 0 atom stereocenters. The molecule has 0 radical (unpaired) electrons. The van der Waals surface area contributed by atoms with Crippen LogP contribution in [0.4, 0.5) is 4.39 Å². The first-order valence-corrected chi connectivity index (χ1v) is 7.40. The molecule has 0 aliphatic heterocycles. The summed E-state index contributed by atoms with van der Waals surface area (Å²) >= 11 is 0. The summed E-state index contributed by atoms with van der Waals surface area (Å²) in [6.45, 7) is 6.19. The third-order valence-electron chi connectivity index (χ3n) is 3.23. The summed E-state index contributed by atoms with van der Waals surface area (Å²) in [5, 5.41) is 0. The second-order valence-corrected chi connectivity index (χ2v) is 5.38. The number of halogens is 1.